The lowest BCUT2D eigenvalue weighted by Gasteiger charge is -2.06. The molecule has 1 N–H and O–H groups in total. The van der Waals surface area contributed by atoms with Crippen molar-refractivity contribution in [1.29, 1.82) is 0 Å². The highest BCUT2D eigenvalue weighted by molar-refractivity contribution is 9.10. The Morgan fingerprint density at radius 3 is 3.00 bits per heavy atom. The SMILES string of the molecule is C=C(CNCC)CSc1cccc(Br)c1. The highest BCUT2D eigenvalue weighted by atomic mass is 79.9. The van der Waals surface area contributed by atoms with E-state index in [4.69, 9.17) is 0 Å². The summed E-state index contributed by atoms with van der Waals surface area (Å²) in [5.41, 5.74) is 1.24. The Balaban J connectivity index is 2.33. The minimum Gasteiger partial charge on any atom is -0.313 e. The Morgan fingerprint density at radius 1 is 1.53 bits per heavy atom. The fourth-order valence-electron chi connectivity index (χ4n) is 1.09. The molecule has 0 amide bonds. The van der Waals surface area contributed by atoms with Crippen molar-refractivity contribution in [3.8, 4) is 0 Å². The molecule has 15 heavy (non-hydrogen) atoms. The molecule has 1 nitrogen and oxygen atoms in total. The molecule has 0 unspecified atom stereocenters. The van der Waals surface area contributed by atoms with Crippen LogP contribution in [0, 0.1) is 0 Å². The van der Waals surface area contributed by atoms with Gasteiger partial charge in [-0.25, -0.2) is 0 Å². The van der Waals surface area contributed by atoms with Crippen LogP contribution in [0.2, 0.25) is 0 Å². The van der Waals surface area contributed by atoms with Gasteiger partial charge in [0.25, 0.3) is 0 Å². The van der Waals surface area contributed by atoms with E-state index < -0.39 is 0 Å². The van der Waals surface area contributed by atoms with Crippen LogP contribution in [0.25, 0.3) is 0 Å². The molecule has 0 saturated carbocycles. The van der Waals surface area contributed by atoms with Gasteiger partial charge in [0, 0.05) is 21.7 Å². The molecule has 0 heterocycles. The molecule has 0 fully saturated rings. The van der Waals surface area contributed by atoms with E-state index in [-0.39, 0.29) is 0 Å². The lowest BCUT2D eigenvalue weighted by atomic mass is 10.3. The van der Waals surface area contributed by atoms with Crippen LogP contribution in [0.5, 0.6) is 0 Å². The van der Waals surface area contributed by atoms with Gasteiger partial charge < -0.3 is 5.32 Å². The van der Waals surface area contributed by atoms with Crippen molar-refractivity contribution in [3.05, 3.63) is 40.9 Å². The second-order valence-electron chi connectivity index (χ2n) is 3.28. The van der Waals surface area contributed by atoms with E-state index >= 15 is 0 Å². The summed E-state index contributed by atoms with van der Waals surface area (Å²) in [6.07, 6.45) is 0. The quantitative estimate of drug-likeness (QED) is 0.632. The fourth-order valence-corrected chi connectivity index (χ4v) is 2.50. The maximum atomic E-state index is 4.03. The predicted molar refractivity (Wildman–Crippen MR) is 72.5 cm³/mol. The lowest BCUT2D eigenvalue weighted by molar-refractivity contribution is 0.779. The number of halogens is 1. The Bertz CT molecular complexity index is 325. The van der Waals surface area contributed by atoms with Gasteiger partial charge in [0.05, 0.1) is 0 Å². The van der Waals surface area contributed by atoms with Crippen molar-refractivity contribution >= 4 is 27.7 Å². The van der Waals surface area contributed by atoms with Crippen molar-refractivity contribution < 1.29 is 0 Å². The lowest BCUT2D eigenvalue weighted by Crippen LogP contribution is -2.16. The van der Waals surface area contributed by atoms with Crippen molar-refractivity contribution in [1.82, 2.24) is 5.32 Å². The van der Waals surface area contributed by atoms with E-state index in [1.165, 1.54) is 10.5 Å². The Hall–Kier alpha value is -0.250. The second-order valence-corrected chi connectivity index (χ2v) is 5.24. The summed E-state index contributed by atoms with van der Waals surface area (Å²) in [6.45, 7) is 8.06. The van der Waals surface area contributed by atoms with Crippen molar-refractivity contribution in [2.75, 3.05) is 18.8 Å². The molecule has 3 heteroatoms. The van der Waals surface area contributed by atoms with Gasteiger partial charge in [0.15, 0.2) is 0 Å². The Kier molecular flexibility index (Phi) is 6.06. The average Bonchev–Trinajstić information content (AvgIpc) is 2.23. The molecule has 1 aromatic carbocycles. The number of benzene rings is 1. The maximum absolute atomic E-state index is 4.03. The van der Waals surface area contributed by atoms with Crippen LogP contribution >= 0.6 is 27.7 Å². The second kappa shape index (κ2) is 7.09. The van der Waals surface area contributed by atoms with Crippen LogP contribution < -0.4 is 5.32 Å². The fraction of sp³-hybridized carbons (Fsp3) is 0.333. The van der Waals surface area contributed by atoms with Crippen molar-refractivity contribution in [2.24, 2.45) is 0 Å². The van der Waals surface area contributed by atoms with E-state index in [9.17, 15) is 0 Å². The van der Waals surface area contributed by atoms with Crippen LogP contribution in [-0.4, -0.2) is 18.8 Å². The third kappa shape index (κ3) is 5.40. The number of nitrogens with one attached hydrogen (secondary N) is 1. The first-order valence-electron chi connectivity index (χ1n) is 4.98. The summed E-state index contributed by atoms with van der Waals surface area (Å²) in [4.78, 5) is 1.28. The normalized spacial score (nSPS) is 10.3. The zero-order valence-electron chi connectivity index (χ0n) is 8.92. The van der Waals surface area contributed by atoms with Crippen molar-refractivity contribution in [3.63, 3.8) is 0 Å². The molecule has 0 radical (unpaired) electrons. The first-order valence-corrected chi connectivity index (χ1v) is 6.76. The zero-order chi connectivity index (χ0) is 11.1. The van der Waals surface area contributed by atoms with Gasteiger partial charge in [-0.3, -0.25) is 0 Å². The predicted octanol–water partition coefficient (Wildman–Crippen LogP) is 3.71. The van der Waals surface area contributed by atoms with Gasteiger partial charge in [0.2, 0.25) is 0 Å². The van der Waals surface area contributed by atoms with Gasteiger partial charge in [-0.15, -0.1) is 11.8 Å². The van der Waals surface area contributed by atoms with Gasteiger partial charge in [-0.2, -0.15) is 0 Å². The van der Waals surface area contributed by atoms with E-state index in [0.29, 0.717) is 0 Å². The molecular formula is C12H16BrNS. The highest BCUT2D eigenvalue weighted by Gasteiger charge is 1.97. The molecule has 1 aromatic rings. The molecule has 0 aromatic heterocycles. The van der Waals surface area contributed by atoms with E-state index in [2.05, 4.69) is 52.9 Å². The van der Waals surface area contributed by atoms with E-state index in [1.54, 1.807) is 0 Å². The molecular weight excluding hydrogens is 270 g/mol. The monoisotopic (exact) mass is 285 g/mol. The molecule has 0 aliphatic carbocycles. The molecule has 1 rings (SSSR count). The number of rotatable bonds is 6. The van der Waals surface area contributed by atoms with Crippen molar-refractivity contribution in [2.45, 2.75) is 11.8 Å². The largest absolute Gasteiger partial charge is 0.313 e. The first-order chi connectivity index (χ1) is 7.22. The highest BCUT2D eigenvalue weighted by Crippen LogP contribution is 2.23. The maximum Gasteiger partial charge on any atom is 0.0200 e. The third-order valence-electron chi connectivity index (χ3n) is 1.86. The van der Waals surface area contributed by atoms with Crippen LogP contribution in [0.3, 0.4) is 0 Å². The minimum atomic E-state index is 0.914. The summed E-state index contributed by atoms with van der Waals surface area (Å²) >= 11 is 5.29. The molecule has 0 saturated heterocycles. The van der Waals surface area contributed by atoms with Gasteiger partial charge in [-0.05, 0) is 24.7 Å². The molecule has 0 aliphatic rings. The topological polar surface area (TPSA) is 12.0 Å². The minimum absolute atomic E-state index is 0.914. The van der Waals surface area contributed by atoms with E-state index in [1.807, 2.05) is 17.8 Å². The first kappa shape index (κ1) is 12.8. The molecule has 82 valence electrons. The zero-order valence-corrected chi connectivity index (χ0v) is 11.3. The van der Waals surface area contributed by atoms with Crippen LogP contribution in [0.1, 0.15) is 6.92 Å². The van der Waals surface area contributed by atoms with Gasteiger partial charge in [0.1, 0.15) is 0 Å². The standard InChI is InChI=1S/C12H16BrNS/c1-3-14-8-10(2)9-15-12-6-4-5-11(13)7-12/h4-7,14H,2-3,8-9H2,1H3. The summed E-state index contributed by atoms with van der Waals surface area (Å²) in [6, 6.07) is 8.35. The Morgan fingerprint density at radius 2 is 2.33 bits per heavy atom. The van der Waals surface area contributed by atoms with Gasteiger partial charge in [-0.1, -0.05) is 41.1 Å². The van der Waals surface area contributed by atoms with Crippen LogP contribution in [0.15, 0.2) is 45.8 Å². The van der Waals surface area contributed by atoms with E-state index in [0.717, 1.165) is 23.3 Å². The summed E-state index contributed by atoms with van der Waals surface area (Å²) in [5.74, 6) is 0.976. The number of thioether (sulfide) groups is 1. The molecule has 0 spiro atoms. The number of likely N-dealkylation sites (N-methyl/N-ethyl adjacent to an activating group) is 1. The molecule has 0 bridgehead atoms. The summed E-state index contributed by atoms with van der Waals surface area (Å²) in [7, 11) is 0. The Labute approximate surface area is 104 Å². The van der Waals surface area contributed by atoms with Crippen LogP contribution in [0.4, 0.5) is 0 Å². The smallest absolute Gasteiger partial charge is 0.0200 e. The summed E-state index contributed by atoms with van der Waals surface area (Å²) < 4.78 is 1.13. The van der Waals surface area contributed by atoms with Gasteiger partial charge >= 0.3 is 0 Å². The molecule has 0 atom stereocenters. The third-order valence-corrected chi connectivity index (χ3v) is 3.50. The van der Waals surface area contributed by atoms with Crippen LogP contribution in [-0.2, 0) is 0 Å². The average molecular weight is 286 g/mol. The molecule has 0 aliphatic heterocycles. The summed E-state index contributed by atoms with van der Waals surface area (Å²) in [5, 5.41) is 3.27. The number of hydrogen-bond donors (Lipinski definition) is 1. The number of hydrogen-bond acceptors (Lipinski definition) is 2.